The average Bonchev–Trinajstić information content (AvgIpc) is 3.37. The third kappa shape index (κ3) is 4.16. The van der Waals surface area contributed by atoms with Gasteiger partial charge in [0.25, 0.3) is 5.22 Å². The zero-order chi connectivity index (χ0) is 20.4. The topological polar surface area (TPSA) is 130 Å². The molecule has 1 aromatic heterocycles. The second-order valence-corrected chi connectivity index (χ2v) is 7.42. The Hall–Kier alpha value is -3.53. The monoisotopic (exact) mass is 412 g/mol. The Labute approximate surface area is 169 Å². The Balaban J connectivity index is 1.39. The zero-order valence-corrected chi connectivity index (χ0v) is 16.1. The van der Waals surface area contributed by atoms with Gasteiger partial charge in [-0.15, -0.1) is 10.2 Å². The molecule has 1 atom stereocenters. The Kier molecular flexibility index (Phi) is 5.09. The van der Waals surface area contributed by atoms with E-state index in [1.165, 1.54) is 0 Å². The van der Waals surface area contributed by atoms with Crippen LogP contribution in [0.2, 0.25) is 0 Å². The van der Waals surface area contributed by atoms with Crippen molar-refractivity contribution in [2.45, 2.75) is 17.4 Å². The standard InChI is InChI=1S/C19H16N4O5S/c1-10(17(25)21-13-5-2-11(3-6-13)16(20)24)29-19-23-22-18(28-19)12-4-7-14-15(8-12)27-9-26-14/h2-8,10H,9H2,1H3,(H2,20,24)(H,21,25)/t10-/m1/s1. The van der Waals surface area contributed by atoms with Gasteiger partial charge in [-0.3, -0.25) is 9.59 Å². The van der Waals surface area contributed by atoms with Crippen LogP contribution < -0.4 is 20.5 Å². The summed E-state index contributed by atoms with van der Waals surface area (Å²) in [6.07, 6.45) is 0. The third-order valence-electron chi connectivity index (χ3n) is 4.11. The van der Waals surface area contributed by atoms with Crippen LogP contribution in [0.5, 0.6) is 11.5 Å². The molecule has 0 fully saturated rings. The summed E-state index contributed by atoms with van der Waals surface area (Å²) in [5.74, 6) is 0.827. The summed E-state index contributed by atoms with van der Waals surface area (Å²) < 4.78 is 16.3. The van der Waals surface area contributed by atoms with Gasteiger partial charge in [-0.25, -0.2) is 0 Å². The lowest BCUT2D eigenvalue weighted by atomic mass is 10.2. The molecule has 29 heavy (non-hydrogen) atoms. The maximum atomic E-state index is 12.4. The smallest absolute Gasteiger partial charge is 0.277 e. The number of carbonyl (C=O) groups excluding carboxylic acids is 2. The number of benzene rings is 2. The van der Waals surface area contributed by atoms with Gasteiger partial charge in [-0.1, -0.05) is 11.8 Å². The maximum absolute atomic E-state index is 12.4. The summed E-state index contributed by atoms with van der Waals surface area (Å²) >= 11 is 1.14. The van der Waals surface area contributed by atoms with E-state index in [0.717, 1.165) is 11.8 Å². The van der Waals surface area contributed by atoms with Crippen LogP contribution in [0.4, 0.5) is 5.69 Å². The Morgan fingerprint density at radius 3 is 2.62 bits per heavy atom. The molecule has 3 N–H and O–H groups in total. The average molecular weight is 412 g/mol. The van der Waals surface area contributed by atoms with Crippen molar-refractivity contribution < 1.29 is 23.5 Å². The van der Waals surface area contributed by atoms with Crippen LogP contribution in [0.25, 0.3) is 11.5 Å². The summed E-state index contributed by atoms with van der Waals surface area (Å²) in [6, 6.07) is 11.6. The van der Waals surface area contributed by atoms with Crippen molar-refractivity contribution in [3.63, 3.8) is 0 Å². The predicted molar refractivity (Wildman–Crippen MR) is 105 cm³/mol. The van der Waals surface area contributed by atoms with E-state index in [0.29, 0.717) is 34.2 Å². The molecule has 2 aromatic carbocycles. The van der Waals surface area contributed by atoms with Crippen molar-refractivity contribution in [3.05, 3.63) is 48.0 Å². The van der Waals surface area contributed by atoms with E-state index in [2.05, 4.69) is 15.5 Å². The Morgan fingerprint density at radius 1 is 1.10 bits per heavy atom. The lowest BCUT2D eigenvalue weighted by Crippen LogP contribution is -2.22. The first-order valence-electron chi connectivity index (χ1n) is 8.60. The molecule has 1 aliphatic rings. The first-order chi connectivity index (χ1) is 14.0. The van der Waals surface area contributed by atoms with E-state index in [4.69, 9.17) is 19.6 Å². The number of nitrogens with one attached hydrogen (secondary N) is 1. The quantitative estimate of drug-likeness (QED) is 0.591. The van der Waals surface area contributed by atoms with Crippen LogP contribution >= 0.6 is 11.8 Å². The second-order valence-electron chi connectivity index (χ2n) is 6.13. The van der Waals surface area contributed by atoms with Crippen LogP contribution in [0.15, 0.2) is 52.1 Å². The molecule has 0 saturated carbocycles. The fourth-order valence-electron chi connectivity index (χ4n) is 2.57. The zero-order valence-electron chi connectivity index (χ0n) is 15.2. The molecular weight excluding hydrogens is 396 g/mol. The van der Waals surface area contributed by atoms with E-state index in [-0.39, 0.29) is 17.9 Å². The predicted octanol–water partition coefficient (Wildman–Crippen LogP) is 2.68. The first kappa shape index (κ1) is 18.8. The number of thioether (sulfide) groups is 1. The molecule has 9 nitrogen and oxygen atoms in total. The lowest BCUT2D eigenvalue weighted by molar-refractivity contribution is -0.115. The molecule has 1 aliphatic heterocycles. The molecule has 0 spiro atoms. The minimum absolute atomic E-state index is 0.182. The molecule has 3 aromatic rings. The molecule has 0 aliphatic carbocycles. The lowest BCUT2D eigenvalue weighted by Gasteiger charge is -2.10. The van der Waals surface area contributed by atoms with Crippen LogP contribution in [-0.2, 0) is 4.79 Å². The number of nitrogens with two attached hydrogens (primary N) is 1. The van der Waals surface area contributed by atoms with Crippen molar-refractivity contribution >= 4 is 29.3 Å². The number of nitrogens with zero attached hydrogens (tertiary/aromatic N) is 2. The summed E-state index contributed by atoms with van der Waals surface area (Å²) in [6.45, 7) is 1.91. The number of aromatic nitrogens is 2. The van der Waals surface area contributed by atoms with Crippen LogP contribution in [0, 0.1) is 0 Å². The highest BCUT2D eigenvalue weighted by atomic mass is 32.2. The minimum Gasteiger partial charge on any atom is -0.454 e. The molecule has 2 heterocycles. The highest BCUT2D eigenvalue weighted by molar-refractivity contribution is 8.00. The van der Waals surface area contributed by atoms with E-state index >= 15 is 0 Å². The van der Waals surface area contributed by atoms with Gasteiger partial charge in [-0.05, 0) is 49.4 Å². The first-order valence-corrected chi connectivity index (χ1v) is 9.48. The van der Waals surface area contributed by atoms with Gasteiger partial charge >= 0.3 is 0 Å². The molecule has 0 unspecified atom stereocenters. The van der Waals surface area contributed by atoms with Crippen LogP contribution in [0.3, 0.4) is 0 Å². The number of hydrogen-bond donors (Lipinski definition) is 2. The van der Waals surface area contributed by atoms with Crippen molar-refractivity contribution in [2.75, 3.05) is 12.1 Å². The number of carbonyl (C=O) groups is 2. The molecule has 2 amide bonds. The molecular formula is C19H16N4O5S. The number of primary amides is 1. The maximum Gasteiger partial charge on any atom is 0.277 e. The normalized spacial score (nSPS) is 13.1. The third-order valence-corrected chi connectivity index (χ3v) is 5.04. The largest absolute Gasteiger partial charge is 0.454 e. The number of amides is 2. The summed E-state index contributed by atoms with van der Waals surface area (Å²) in [5.41, 5.74) is 6.82. The molecule has 0 saturated heterocycles. The Bertz CT molecular complexity index is 1070. The van der Waals surface area contributed by atoms with Gasteiger partial charge in [0, 0.05) is 16.8 Å². The SMILES string of the molecule is C[C@@H](Sc1nnc(-c2ccc3c(c2)OCO3)o1)C(=O)Nc1ccc(C(N)=O)cc1. The van der Waals surface area contributed by atoms with E-state index < -0.39 is 11.2 Å². The van der Waals surface area contributed by atoms with Gasteiger partial charge < -0.3 is 24.9 Å². The van der Waals surface area contributed by atoms with Gasteiger partial charge in [0.05, 0.1) is 5.25 Å². The minimum atomic E-state index is -0.526. The van der Waals surface area contributed by atoms with Crippen molar-refractivity contribution in [3.8, 4) is 23.0 Å². The van der Waals surface area contributed by atoms with Crippen molar-refractivity contribution in [1.29, 1.82) is 0 Å². The van der Waals surface area contributed by atoms with Crippen LogP contribution in [-0.4, -0.2) is 34.1 Å². The molecule has 148 valence electrons. The van der Waals surface area contributed by atoms with Gasteiger partial charge in [0.2, 0.25) is 24.5 Å². The molecule has 0 radical (unpaired) electrons. The van der Waals surface area contributed by atoms with Crippen molar-refractivity contribution in [2.24, 2.45) is 5.73 Å². The molecule has 10 heteroatoms. The fraction of sp³-hybridized carbons (Fsp3) is 0.158. The summed E-state index contributed by atoms with van der Waals surface area (Å²) in [4.78, 5) is 23.5. The molecule has 0 bridgehead atoms. The van der Waals surface area contributed by atoms with Crippen molar-refractivity contribution in [1.82, 2.24) is 10.2 Å². The second kappa shape index (κ2) is 7.84. The highest BCUT2D eigenvalue weighted by Crippen LogP contribution is 2.36. The number of rotatable bonds is 6. The fourth-order valence-corrected chi connectivity index (χ4v) is 3.25. The number of fused-ring (bicyclic) bond motifs is 1. The van der Waals surface area contributed by atoms with E-state index in [9.17, 15) is 9.59 Å². The number of ether oxygens (including phenoxy) is 2. The van der Waals surface area contributed by atoms with Gasteiger partial charge in [0.15, 0.2) is 11.5 Å². The van der Waals surface area contributed by atoms with E-state index in [1.807, 2.05) is 0 Å². The Morgan fingerprint density at radius 2 is 1.86 bits per heavy atom. The highest BCUT2D eigenvalue weighted by Gasteiger charge is 2.20. The van der Waals surface area contributed by atoms with Gasteiger partial charge in [-0.2, -0.15) is 0 Å². The number of hydrogen-bond acceptors (Lipinski definition) is 8. The number of anilines is 1. The summed E-state index contributed by atoms with van der Waals surface area (Å²) in [7, 11) is 0. The molecule has 4 rings (SSSR count). The van der Waals surface area contributed by atoms with E-state index in [1.54, 1.807) is 49.4 Å². The van der Waals surface area contributed by atoms with Crippen LogP contribution in [0.1, 0.15) is 17.3 Å². The summed E-state index contributed by atoms with van der Waals surface area (Å²) in [5, 5.41) is 10.6. The van der Waals surface area contributed by atoms with Gasteiger partial charge in [0.1, 0.15) is 0 Å².